The van der Waals surface area contributed by atoms with Gasteiger partial charge in [0.05, 0.1) is 6.10 Å². The second kappa shape index (κ2) is 10.1. The SMILES string of the molecule is CN=C(NCCc1ccc2c(c1)OCO2)NCC(OC)C(C)(C)C.I. The topological polar surface area (TPSA) is 64.1 Å². The van der Waals surface area contributed by atoms with Crippen LogP contribution in [0.1, 0.15) is 26.3 Å². The van der Waals surface area contributed by atoms with Crippen LogP contribution in [0.3, 0.4) is 0 Å². The van der Waals surface area contributed by atoms with Crippen molar-refractivity contribution in [2.24, 2.45) is 10.4 Å². The maximum absolute atomic E-state index is 5.56. The fourth-order valence-electron chi connectivity index (χ4n) is 2.57. The number of ether oxygens (including phenoxy) is 3. The van der Waals surface area contributed by atoms with E-state index < -0.39 is 0 Å². The van der Waals surface area contributed by atoms with E-state index in [1.807, 2.05) is 12.1 Å². The van der Waals surface area contributed by atoms with Crippen LogP contribution in [-0.2, 0) is 11.2 Å². The predicted octanol–water partition coefficient (Wildman–Crippen LogP) is 2.80. The zero-order chi connectivity index (χ0) is 17.6. The summed E-state index contributed by atoms with van der Waals surface area (Å²) in [4.78, 5) is 4.26. The molecule has 0 bridgehead atoms. The van der Waals surface area contributed by atoms with Gasteiger partial charge in [0.15, 0.2) is 17.5 Å². The highest BCUT2D eigenvalue weighted by Crippen LogP contribution is 2.32. The summed E-state index contributed by atoms with van der Waals surface area (Å²) in [6, 6.07) is 6.05. The van der Waals surface area contributed by atoms with Crippen LogP contribution in [0.5, 0.6) is 11.5 Å². The number of fused-ring (bicyclic) bond motifs is 1. The van der Waals surface area contributed by atoms with Crippen molar-refractivity contribution in [1.82, 2.24) is 10.6 Å². The summed E-state index contributed by atoms with van der Waals surface area (Å²) in [6.07, 6.45) is 0.995. The Kier molecular flexibility index (Phi) is 8.78. The van der Waals surface area contributed by atoms with Crippen LogP contribution in [0.25, 0.3) is 0 Å². The van der Waals surface area contributed by atoms with Gasteiger partial charge in [-0.1, -0.05) is 26.8 Å². The van der Waals surface area contributed by atoms with Crippen LogP contribution in [0.4, 0.5) is 0 Å². The molecule has 0 fully saturated rings. The quantitative estimate of drug-likeness (QED) is 0.386. The lowest BCUT2D eigenvalue weighted by molar-refractivity contribution is 0.0205. The highest BCUT2D eigenvalue weighted by molar-refractivity contribution is 14.0. The van der Waals surface area contributed by atoms with Gasteiger partial charge in [0.2, 0.25) is 6.79 Å². The van der Waals surface area contributed by atoms with E-state index in [4.69, 9.17) is 14.2 Å². The third-order valence-electron chi connectivity index (χ3n) is 4.07. The van der Waals surface area contributed by atoms with E-state index in [1.165, 1.54) is 5.56 Å². The van der Waals surface area contributed by atoms with Gasteiger partial charge >= 0.3 is 0 Å². The van der Waals surface area contributed by atoms with E-state index in [-0.39, 0.29) is 35.5 Å². The minimum Gasteiger partial charge on any atom is -0.454 e. The Morgan fingerprint density at radius 1 is 1.24 bits per heavy atom. The standard InChI is InChI=1S/C18H29N3O3.HI/c1-18(2,3)16(22-5)11-21-17(19-4)20-9-8-13-6-7-14-15(10-13)24-12-23-14;/h6-7,10,16H,8-9,11-12H2,1-5H3,(H2,19,20,21);1H. The summed E-state index contributed by atoms with van der Waals surface area (Å²) in [5.41, 5.74) is 1.28. The molecule has 0 spiro atoms. The Morgan fingerprint density at radius 3 is 2.60 bits per heavy atom. The number of hydrogen-bond acceptors (Lipinski definition) is 4. The second-order valence-corrected chi connectivity index (χ2v) is 6.91. The molecule has 1 unspecified atom stereocenters. The summed E-state index contributed by atoms with van der Waals surface area (Å²) >= 11 is 0. The second-order valence-electron chi connectivity index (χ2n) is 6.91. The van der Waals surface area contributed by atoms with Gasteiger partial charge in [-0.05, 0) is 29.5 Å². The van der Waals surface area contributed by atoms with Gasteiger partial charge < -0.3 is 24.8 Å². The molecule has 1 aromatic rings. The van der Waals surface area contributed by atoms with E-state index in [9.17, 15) is 0 Å². The summed E-state index contributed by atoms with van der Waals surface area (Å²) in [5.74, 6) is 2.42. The molecule has 1 aliphatic rings. The number of halogens is 1. The summed E-state index contributed by atoms with van der Waals surface area (Å²) in [5, 5.41) is 6.65. The van der Waals surface area contributed by atoms with Crippen molar-refractivity contribution >= 4 is 29.9 Å². The molecule has 2 rings (SSSR count). The van der Waals surface area contributed by atoms with Crippen LogP contribution in [0.15, 0.2) is 23.2 Å². The first-order chi connectivity index (χ1) is 11.4. The van der Waals surface area contributed by atoms with E-state index in [0.717, 1.165) is 30.4 Å². The number of methoxy groups -OCH3 is 1. The molecule has 1 atom stereocenters. The molecular formula is C18H30IN3O3. The normalized spacial score (nSPS) is 14.7. The summed E-state index contributed by atoms with van der Waals surface area (Å²) < 4.78 is 16.3. The molecule has 0 amide bonds. The van der Waals surface area contributed by atoms with E-state index in [0.29, 0.717) is 13.3 Å². The Morgan fingerprint density at radius 2 is 1.96 bits per heavy atom. The van der Waals surface area contributed by atoms with Crippen molar-refractivity contribution in [3.8, 4) is 11.5 Å². The minimum absolute atomic E-state index is 0. The summed E-state index contributed by atoms with van der Waals surface area (Å²) in [7, 11) is 3.52. The van der Waals surface area contributed by atoms with Gasteiger partial charge in [-0.2, -0.15) is 0 Å². The lowest BCUT2D eigenvalue weighted by atomic mass is 9.89. The zero-order valence-corrected chi connectivity index (χ0v) is 18.0. The number of nitrogens with one attached hydrogen (secondary N) is 2. The van der Waals surface area contributed by atoms with Crippen molar-refractivity contribution in [3.63, 3.8) is 0 Å². The fourth-order valence-corrected chi connectivity index (χ4v) is 2.57. The Balaban J connectivity index is 0.00000312. The molecule has 0 saturated heterocycles. The fraction of sp³-hybridized carbons (Fsp3) is 0.611. The number of nitrogens with zero attached hydrogens (tertiary/aromatic N) is 1. The van der Waals surface area contributed by atoms with Crippen molar-refractivity contribution in [3.05, 3.63) is 23.8 Å². The molecule has 142 valence electrons. The molecule has 0 aliphatic carbocycles. The average Bonchev–Trinajstić information content (AvgIpc) is 3.00. The highest BCUT2D eigenvalue weighted by atomic mass is 127. The lowest BCUT2D eigenvalue weighted by Gasteiger charge is -2.30. The van der Waals surface area contributed by atoms with Crippen LogP contribution in [-0.4, -0.2) is 46.1 Å². The first-order valence-corrected chi connectivity index (χ1v) is 8.30. The summed E-state index contributed by atoms with van der Waals surface area (Å²) in [6.45, 7) is 8.30. The monoisotopic (exact) mass is 463 g/mol. The molecule has 1 aromatic carbocycles. The molecule has 0 aromatic heterocycles. The molecule has 2 N–H and O–H groups in total. The van der Waals surface area contributed by atoms with Gasteiger partial charge in [0.25, 0.3) is 0 Å². The Hall–Kier alpha value is -1.22. The van der Waals surface area contributed by atoms with Crippen LogP contribution in [0.2, 0.25) is 0 Å². The minimum atomic E-state index is 0. The average molecular weight is 463 g/mol. The predicted molar refractivity (Wildman–Crippen MR) is 111 cm³/mol. The third-order valence-corrected chi connectivity index (χ3v) is 4.07. The van der Waals surface area contributed by atoms with E-state index in [1.54, 1.807) is 14.2 Å². The molecule has 25 heavy (non-hydrogen) atoms. The largest absolute Gasteiger partial charge is 0.454 e. The lowest BCUT2D eigenvalue weighted by Crippen LogP contribution is -2.45. The molecule has 0 saturated carbocycles. The van der Waals surface area contributed by atoms with Crippen LogP contribution < -0.4 is 20.1 Å². The van der Waals surface area contributed by atoms with Gasteiger partial charge in [-0.25, -0.2) is 0 Å². The van der Waals surface area contributed by atoms with Crippen molar-refractivity contribution in [2.45, 2.75) is 33.3 Å². The van der Waals surface area contributed by atoms with Crippen LogP contribution in [0, 0.1) is 5.41 Å². The first-order valence-electron chi connectivity index (χ1n) is 8.30. The molecule has 7 heteroatoms. The van der Waals surface area contributed by atoms with Crippen molar-refractivity contribution in [1.29, 1.82) is 0 Å². The highest BCUT2D eigenvalue weighted by Gasteiger charge is 2.24. The number of aliphatic imine (C=N–C) groups is 1. The van der Waals surface area contributed by atoms with E-state index >= 15 is 0 Å². The maximum Gasteiger partial charge on any atom is 0.231 e. The molecule has 1 heterocycles. The maximum atomic E-state index is 5.56. The van der Waals surface area contributed by atoms with Gasteiger partial charge in [-0.15, -0.1) is 24.0 Å². The molecule has 0 radical (unpaired) electrons. The number of guanidine groups is 1. The zero-order valence-electron chi connectivity index (χ0n) is 15.7. The molecule has 6 nitrogen and oxygen atoms in total. The number of rotatable bonds is 6. The van der Waals surface area contributed by atoms with Crippen LogP contribution >= 0.6 is 24.0 Å². The molecule has 1 aliphatic heterocycles. The number of hydrogen-bond donors (Lipinski definition) is 2. The van der Waals surface area contributed by atoms with Crippen molar-refractivity contribution < 1.29 is 14.2 Å². The first kappa shape index (κ1) is 21.8. The van der Waals surface area contributed by atoms with Gasteiger partial charge in [0, 0.05) is 27.2 Å². The third kappa shape index (κ3) is 6.54. The van der Waals surface area contributed by atoms with Crippen molar-refractivity contribution in [2.75, 3.05) is 34.0 Å². The van der Waals surface area contributed by atoms with Gasteiger partial charge in [-0.3, -0.25) is 4.99 Å². The number of benzene rings is 1. The Bertz CT molecular complexity index is 573. The molecular weight excluding hydrogens is 433 g/mol. The Labute approximate surface area is 167 Å². The van der Waals surface area contributed by atoms with Gasteiger partial charge in [0.1, 0.15) is 0 Å². The van der Waals surface area contributed by atoms with E-state index in [2.05, 4.69) is 42.5 Å². The smallest absolute Gasteiger partial charge is 0.231 e.